The van der Waals surface area contributed by atoms with Gasteiger partial charge in [0.15, 0.2) is 0 Å². The van der Waals surface area contributed by atoms with Gasteiger partial charge in [-0.2, -0.15) is 0 Å². The van der Waals surface area contributed by atoms with Crippen LogP contribution in [0.1, 0.15) is 25.7 Å². The van der Waals surface area contributed by atoms with Crippen LogP contribution in [0, 0.1) is 11.6 Å². The number of rotatable bonds is 4. The molecule has 0 spiro atoms. The average molecular weight is 432 g/mol. The van der Waals surface area contributed by atoms with Crippen LogP contribution in [-0.4, -0.2) is 24.9 Å². The van der Waals surface area contributed by atoms with Crippen LogP contribution in [0.5, 0.6) is 0 Å². The maximum absolute atomic E-state index is 14.9. The van der Waals surface area contributed by atoms with E-state index in [-0.39, 0.29) is 11.8 Å². The number of hydrogen-bond donors (Lipinski definition) is 0. The highest BCUT2D eigenvalue weighted by Gasteiger charge is 2.30. The van der Waals surface area contributed by atoms with Gasteiger partial charge in [0.1, 0.15) is 11.6 Å². The average Bonchev–Trinajstić information content (AvgIpc) is 3.41. The predicted octanol–water partition coefficient (Wildman–Crippen LogP) is 5.55. The van der Waals surface area contributed by atoms with E-state index < -0.39 is 11.6 Å². The lowest BCUT2D eigenvalue weighted by Gasteiger charge is -2.27. The molecule has 2 fully saturated rings. The van der Waals surface area contributed by atoms with Crippen molar-refractivity contribution in [1.82, 2.24) is 0 Å². The maximum atomic E-state index is 14.9. The van der Waals surface area contributed by atoms with E-state index in [0.717, 1.165) is 0 Å². The summed E-state index contributed by atoms with van der Waals surface area (Å²) in [4.78, 5) is 28.6. The molecule has 0 radical (unpaired) electrons. The monoisotopic (exact) mass is 432 g/mol. The summed E-state index contributed by atoms with van der Waals surface area (Å²) in [6.07, 6.45) is 2.24. The van der Waals surface area contributed by atoms with Gasteiger partial charge in [-0.3, -0.25) is 9.59 Å². The maximum Gasteiger partial charge on any atom is 0.227 e. The Labute approximate surface area is 185 Å². The second-order valence-corrected chi connectivity index (χ2v) is 8.14. The SMILES string of the molecule is O=C1CCCN1c1cc(-c2ccccc2F)c(N2CCCC2=O)cc1-c1ccccc1F. The third-order valence-corrected chi connectivity index (χ3v) is 6.17. The molecule has 32 heavy (non-hydrogen) atoms. The highest BCUT2D eigenvalue weighted by atomic mass is 19.1. The van der Waals surface area contributed by atoms with E-state index in [2.05, 4.69) is 0 Å². The molecule has 3 aromatic rings. The van der Waals surface area contributed by atoms with Crippen LogP contribution in [0.25, 0.3) is 22.3 Å². The van der Waals surface area contributed by atoms with Gasteiger partial charge in [-0.05, 0) is 37.1 Å². The Balaban J connectivity index is 1.82. The van der Waals surface area contributed by atoms with Gasteiger partial charge in [0.05, 0.1) is 11.4 Å². The van der Waals surface area contributed by atoms with Gasteiger partial charge in [-0.15, -0.1) is 0 Å². The van der Waals surface area contributed by atoms with Crippen LogP contribution in [0.15, 0.2) is 60.7 Å². The number of carbonyl (C=O) groups is 2. The summed E-state index contributed by atoms with van der Waals surface area (Å²) in [5.74, 6) is -0.936. The topological polar surface area (TPSA) is 40.6 Å². The number of carbonyl (C=O) groups excluding carboxylic acids is 2. The third kappa shape index (κ3) is 3.45. The molecular formula is C26H22F2N2O2. The number of nitrogens with zero attached hydrogens (tertiary/aromatic N) is 2. The second-order valence-electron chi connectivity index (χ2n) is 8.14. The van der Waals surface area contributed by atoms with Gasteiger partial charge < -0.3 is 9.80 Å². The predicted molar refractivity (Wildman–Crippen MR) is 120 cm³/mol. The Kier molecular flexibility index (Phi) is 5.21. The molecule has 5 rings (SSSR count). The summed E-state index contributed by atoms with van der Waals surface area (Å²) in [5.41, 5.74) is 2.80. The molecular weight excluding hydrogens is 410 g/mol. The number of amides is 2. The highest BCUT2D eigenvalue weighted by molar-refractivity contribution is 6.05. The molecule has 0 aromatic heterocycles. The van der Waals surface area contributed by atoms with E-state index in [1.165, 1.54) is 12.1 Å². The minimum Gasteiger partial charge on any atom is -0.312 e. The lowest BCUT2D eigenvalue weighted by molar-refractivity contribution is -0.117. The molecule has 3 aromatic carbocycles. The molecule has 4 nitrogen and oxygen atoms in total. The van der Waals surface area contributed by atoms with Gasteiger partial charge in [0.25, 0.3) is 0 Å². The first-order valence-electron chi connectivity index (χ1n) is 10.8. The van der Waals surface area contributed by atoms with Crippen molar-refractivity contribution >= 4 is 23.2 Å². The Hall–Kier alpha value is -3.54. The van der Waals surface area contributed by atoms with E-state index in [1.54, 1.807) is 58.3 Å². The van der Waals surface area contributed by atoms with E-state index in [4.69, 9.17) is 0 Å². The normalized spacial score (nSPS) is 16.3. The van der Waals surface area contributed by atoms with Gasteiger partial charge >= 0.3 is 0 Å². The molecule has 2 aliphatic heterocycles. The number of anilines is 2. The molecule has 6 heteroatoms. The van der Waals surface area contributed by atoms with Crippen molar-refractivity contribution in [2.45, 2.75) is 25.7 Å². The first-order valence-corrected chi connectivity index (χ1v) is 10.8. The number of benzene rings is 3. The zero-order valence-corrected chi connectivity index (χ0v) is 17.5. The minimum absolute atomic E-state index is 0.0490. The molecule has 0 unspecified atom stereocenters. The van der Waals surface area contributed by atoms with E-state index >= 15 is 0 Å². The van der Waals surface area contributed by atoms with Crippen LogP contribution >= 0.6 is 0 Å². The Bertz CT molecular complexity index is 1130. The van der Waals surface area contributed by atoms with Crippen LogP contribution in [-0.2, 0) is 9.59 Å². The van der Waals surface area contributed by atoms with E-state index in [9.17, 15) is 18.4 Å². The summed E-state index contributed by atoms with van der Waals surface area (Å²) in [6, 6.07) is 16.2. The van der Waals surface area contributed by atoms with Crippen LogP contribution in [0.4, 0.5) is 20.2 Å². The molecule has 2 amide bonds. The van der Waals surface area contributed by atoms with Crippen molar-refractivity contribution in [1.29, 1.82) is 0 Å². The fraction of sp³-hybridized carbons (Fsp3) is 0.231. The molecule has 0 N–H and O–H groups in total. The van der Waals surface area contributed by atoms with Crippen molar-refractivity contribution in [2.75, 3.05) is 22.9 Å². The second kappa shape index (κ2) is 8.19. The zero-order valence-electron chi connectivity index (χ0n) is 17.5. The van der Waals surface area contributed by atoms with Gasteiger partial charge in [-0.1, -0.05) is 36.4 Å². The standard InChI is InChI=1S/C26H22F2N2O2/c27-21-9-3-1-7-17(21)19-15-24(30-14-6-12-26(30)32)20(18-8-2-4-10-22(18)28)16-23(19)29-13-5-11-25(29)31/h1-4,7-10,15-16H,5-6,11-14H2. The van der Waals surface area contributed by atoms with Gasteiger partial charge in [0.2, 0.25) is 11.8 Å². The van der Waals surface area contributed by atoms with Crippen LogP contribution in [0.3, 0.4) is 0 Å². The van der Waals surface area contributed by atoms with Crippen LogP contribution in [0.2, 0.25) is 0 Å². The molecule has 0 aliphatic carbocycles. The molecule has 162 valence electrons. The Morgan fingerprint density at radius 2 is 1.00 bits per heavy atom. The smallest absolute Gasteiger partial charge is 0.227 e. The summed E-state index contributed by atoms with van der Waals surface area (Å²) < 4.78 is 29.7. The third-order valence-electron chi connectivity index (χ3n) is 6.17. The summed E-state index contributed by atoms with van der Waals surface area (Å²) in [5, 5.41) is 0. The molecule has 0 atom stereocenters. The van der Waals surface area contributed by atoms with Crippen LogP contribution < -0.4 is 9.80 Å². The molecule has 2 aliphatic rings. The van der Waals surface area contributed by atoms with Crippen molar-refractivity contribution in [2.24, 2.45) is 0 Å². The molecule has 0 saturated carbocycles. The quantitative estimate of drug-likeness (QED) is 0.542. The Morgan fingerprint density at radius 3 is 1.34 bits per heavy atom. The Morgan fingerprint density at radius 1 is 0.594 bits per heavy atom. The largest absolute Gasteiger partial charge is 0.312 e. The van der Waals surface area contributed by atoms with Gasteiger partial charge in [0, 0.05) is 48.2 Å². The number of halogens is 2. The van der Waals surface area contributed by atoms with Crippen molar-refractivity contribution in [3.05, 3.63) is 72.3 Å². The minimum atomic E-state index is -0.419. The highest BCUT2D eigenvalue weighted by Crippen LogP contribution is 2.44. The summed E-state index contributed by atoms with van der Waals surface area (Å²) in [6.45, 7) is 1.03. The lowest BCUT2D eigenvalue weighted by atomic mass is 9.94. The first kappa shape index (κ1) is 20.4. The lowest BCUT2D eigenvalue weighted by Crippen LogP contribution is -2.27. The summed E-state index contributed by atoms with van der Waals surface area (Å²) >= 11 is 0. The van der Waals surface area contributed by atoms with E-state index in [0.29, 0.717) is 72.4 Å². The first-order chi connectivity index (χ1) is 15.5. The fourth-order valence-electron chi connectivity index (χ4n) is 4.62. The molecule has 0 bridgehead atoms. The molecule has 2 heterocycles. The van der Waals surface area contributed by atoms with E-state index in [1.807, 2.05) is 0 Å². The van der Waals surface area contributed by atoms with Gasteiger partial charge in [-0.25, -0.2) is 8.78 Å². The fourth-order valence-corrected chi connectivity index (χ4v) is 4.62. The van der Waals surface area contributed by atoms with Crippen molar-refractivity contribution in [3.63, 3.8) is 0 Å². The zero-order chi connectivity index (χ0) is 22.2. The summed E-state index contributed by atoms with van der Waals surface area (Å²) in [7, 11) is 0. The van der Waals surface area contributed by atoms with Crippen molar-refractivity contribution in [3.8, 4) is 22.3 Å². The number of hydrogen-bond acceptors (Lipinski definition) is 2. The van der Waals surface area contributed by atoms with Crippen molar-refractivity contribution < 1.29 is 18.4 Å². The molecule has 2 saturated heterocycles.